The molecule has 0 radical (unpaired) electrons. The van der Waals surface area contributed by atoms with E-state index in [2.05, 4.69) is 15.4 Å². The van der Waals surface area contributed by atoms with Crippen molar-refractivity contribution in [3.63, 3.8) is 0 Å². The van der Waals surface area contributed by atoms with Crippen LogP contribution in [0.1, 0.15) is 25.7 Å². The summed E-state index contributed by atoms with van der Waals surface area (Å²) in [5, 5.41) is 17.3. The van der Waals surface area contributed by atoms with E-state index in [1.807, 2.05) is 12.1 Å². The zero-order chi connectivity index (χ0) is 15.3. The highest BCUT2D eigenvalue weighted by molar-refractivity contribution is 6.28. The molecule has 2 atom stereocenters. The summed E-state index contributed by atoms with van der Waals surface area (Å²) in [4.78, 5) is 16.0. The van der Waals surface area contributed by atoms with Gasteiger partial charge >= 0.3 is 5.97 Å². The first kappa shape index (κ1) is 13.8. The number of anilines is 1. The molecule has 22 heavy (non-hydrogen) atoms. The average molecular weight is 321 g/mol. The van der Waals surface area contributed by atoms with Crippen molar-refractivity contribution >= 4 is 28.9 Å². The minimum absolute atomic E-state index is 0.0883. The predicted molar refractivity (Wildman–Crippen MR) is 82.0 cm³/mol. The van der Waals surface area contributed by atoms with E-state index in [-0.39, 0.29) is 23.2 Å². The van der Waals surface area contributed by atoms with Crippen LogP contribution in [-0.4, -0.2) is 31.7 Å². The number of aliphatic carboxylic acids is 1. The molecule has 2 aromatic heterocycles. The lowest BCUT2D eigenvalue weighted by Crippen LogP contribution is -2.51. The number of nitrogens with one attached hydrogen (secondary N) is 1. The molecule has 5 rings (SSSR count). The second-order valence-corrected chi connectivity index (χ2v) is 6.61. The van der Waals surface area contributed by atoms with Crippen molar-refractivity contribution in [3.8, 4) is 0 Å². The van der Waals surface area contributed by atoms with Crippen LogP contribution in [0.5, 0.6) is 0 Å². The standard InChI is InChI=1S/C15H17ClN4O2/c16-15-18-13(10-2-1-7-20(10)19-15)17-12-9-5-3-8(4-6-9)11(12)14(21)22/h1-2,7-9,11-12H,3-6H2,(H,21,22)(H,17,18,19)/t8?,9?,11-,12-/m0/s1. The summed E-state index contributed by atoms with van der Waals surface area (Å²) in [5.74, 6) is 0.207. The van der Waals surface area contributed by atoms with Gasteiger partial charge in [-0.2, -0.15) is 4.98 Å². The number of fused-ring (bicyclic) bond motifs is 4. The molecule has 3 aliphatic rings. The molecule has 116 valence electrons. The van der Waals surface area contributed by atoms with E-state index < -0.39 is 5.97 Å². The summed E-state index contributed by atoms with van der Waals surface area (Å²) in [5.41, 5.74) is 0.815. The van der Waals surface area contributed by atoms with Gasteiger partial charge in [-0.25, -0.2) is 4.52 Å². The van der Waals surface area contributed by atoms with E-state index in [4.69, 9.17) is 11.6 Å². The molecule has 3 saturated carbocycles. The molecule has 6 nitrogen and oxygen atoms in total. The minimum Gasteiger partial charge on any atom is -0.481 e. The van der Waals surface area contributed by atoms with E-state index in [1.54, 1.807) is 10.7 Å². The second-order valence-electron chi connectivity index (χ2n) is 6.28. The summed E-state index contributed by atoms with van der Waals surface area (Å²) in [6, 6.07) is 3.68. The molecule has 0 aromatic carbocycles. The highest BCUT2D eigenvalue weighted by Gasteiger charge is 2.47. The molecule has 2 N–H and O–H groups in total. The third kappa shape index (κ3) is 2.13. The molecular weight excluding hydrogens is 304 g/mol. The SMILES string of the molecule is O=C(O)[C@H]1C2CCC(CC2)[C@@H]1Nc1nc(Cl)nn2cccc12. The van der Waals surface area contributed by atoms with Crippen molar-refractivity contribution < 1.29 is 9.90 Å². The Kier molecular flexibility index (Phi) is 3.22. The van der Waals surface area contributed by atoms with Crippen LogP contribution in [0, 0.1) is 17.8 Å². The number of aromatic nitrogens is 3. The number of halogens is 1. The van der Waals surface area contributed by atoms with E-state index in [1.165, 1.54) is 0 Å². The average Bonchev–Trinajstić information content (AvgIpc) is 2.96. The van der Waals surface area contributed by atoms with Gasteiger partial charge in [-0.15, -0.1) is 5.10 Å². The molecule has 0 saturated heterocycles. The van der Waals surface area contributed by atoms with Crippen LogP contribution in [0.4, 0.5) is 5.82 Å². The summed E-state index contributed by atoms with van der Waals surface area (Å²) < 4.78 is 1.66. The van der Waals surface area contributed by atoms with Gasteiger partial charge in [-0.3, -0.25) is 4.79 Å². The van der Waals surface area contributed by atoms with Crippen LogP contribution in [-0.2, 0) is 4.79 Å². The van der Waals surface area contributed by atoms with Crippen LogP contribution < -0.4 is 5.32 Å². The number of rotatable bonds is 3. The Morgan fingerprint density at radius 3 is 2.77 bits per heavy atom. The topological polar surface area (TPSA) is 79.5 Å². The summed E-state index contributed by atoms with van der Waals surface area (Å²) in [7, 11) is 0. The summed E-state index contributed by atoms with van der Waals surface area (Å²) >= 11 is 5.98. The Labute approximate surface area is 132 Å². The van der Waals surface area contributed by atoms with Crippen LogP contribution >= 0.6 is 11.6 Å². The number of carbonyl (C=O) groups is 1. The van der Waals surface area contributed by atoms with Crippen LogP contribution in [0.3, 0.4) is 0 Å². The molecular formula is C15H17ClN4O2. The Morgan fingerprint density at radius 2 is 2.05 bits per heavy atom. The third-order valence-corrected chi connectivity index (χ3v) is 5.33. The van der Waals surface area contributed by atoms with E-state index in [0.29, 0.717) is 11.7 Å². The normalized spacial score (nSPS) is 30.6. The van der Waals surface area contributed by atoms with Gasteiger partial charge < -0.3 is 10.4 Å². The molecule has 0 aliphatic heterocycles. The van der Waals surface area contributed by atoms with Gasteiger partial charge in [0.15, 0.2) is 5.82 Å². The second kappa shape index (κ2) is 5.12. The Balaban J connectivity index is 1.71. The highest BCUT2D eigenvalue weighted by Crippen LogP contribution is 2.46. The molecule has 0 spiro atoms. The Morgan fingerprint density at radius 1 is 1.32 bits per heavy atom. The zero-order valence-corrected chi connectivity index (χ0v) is 12.7. The molecule has 2 aromatic rings. The van der Waals surface area contributed by atoms with Crippen molar-refractivity contribution in [2.75, 3.05) is 5.32 Å². The quantitative estimate of drug-likeness (QED) is 0.909. The summed E-state index contributed by atoms with van der Waals surface area (Å²) in [6.45, 7) is 0. The number of carboxylic acid groups (broad SMARTS) is 1. The lowest BCUT2D eigenvalue weighted by molar-refractivity contribution is -0.148. The molecule has 0 amide bonds. The lowest BCUT2D eigenvalue weighted by atomic mass is 9.61. The number of hydrogen-bond acceptors (Lipinski definition) is 4. The maximum absolute atomic E-state index is 11.7. The largest absolute Gasteiger partial charge is 0.481 e. The zero-order valence-electron chi connectivity index (χ0n) is 11.9. The monoisotopic (exact) mass is 320 g/mol. The fraction of sp³-hybridized carbons (Fsp3) is 0.533. The maximum atomic E-state index is 11.7. The van der Waals surface area contributed by atoms with Gasteiger partial charge in [0.05, 0.1) is 5.92 Å². The first-order chi connectivity index (χ1) is 10.6. The van der Waals surface area contributed by atoms with E-state index in [9.17, 15) is 9.90 Å². The summed E-state index contributed by atoms with van der Waals surface area (Å²) in [6.07, 6.45) is 6.01. The van der Waals surface area contributed by atoms with Gasteiger partial charge in [0.1, 0.15) is 5.52 Å². The molecule has 2 bridgehead atoms. The minimum atomic E-state index is -0.710. The fourth-order valence-electron chi connectivity index (χ4n) is 4.18. The van der Waals surface area contributed by atoms with Crippen molar-refractivity contribution in [2.24, 2.45) is 17.8 Å². The van der Waals surface area contributed by atoms with Gasteiger partial charge in [-0.1, -0.05) is 0 Å². The van der Waals surface area contributed by atoms with E-state index in [0.717, 1.165) is 31.2 Å². The van der Waals surface area contributed by atoms with Gasteiger partial charge in [-0.05, 0) is 61.3 Å². The van der Waals surface area contributed by atoms with Gasteiger partial charge in [0, 0.05) is 12.2 Å². The molecule has 3 fully saturated rings. The number of nitrogens with zero attached hydrogens (tertiary/aromatic N) is 3. The van der Waals surface area contributed by atoms with Crippen molar-refractivity contribution in [3.05, 3.63) is 23.6 Å². The van der Waals surface area contributed by atoms with Crippen LogP contribution in [0.15, 0.2) is 18.3 Å². The van der Waals surface area contributed by atoms with Crippen molar-refractivity contribution in [1.82, 2.24) is 14.6 Å². The van der Waals surface area contributed by atoms with Crippen LogP contribution in [0.25, 0.3) is 5.52 Å². The number of hydrogen-bond donors (Lipinski definition) is 2. The van der Waals surface area contributed by atoms with Crippen molar-refractivity contribution in [2.45, 2.75) is 31.7 Å². The smallest absolute Gasteiger partial charge is 0.308 e. The molecule has 7 heteroatoms. The lowest BCUT2D eigenvalue weighted by Gasteiger charge is -2.47. The van der Waals surface area contributed by atoms with E-state index >= 15 is 0 Å². The van der Waals surface area contributed by atoms with Gasteiger partial charge in [0.2, 0.25) is 5.28 Å². The molecule has 0 unspecified atom stereocenters. The number of carboxylic acids is 1. The highest BCUT2D eigenvalue weighted by atomic mass is 35.5. The first-order valence-electron chi connectivity index (χ1n) is 7.64. The van der Waals surface area contributed by atoms with Gasteiger partial charge in [0.25, 0.3) is 0 Å². The van der Waals surface area contributed by atoms with Crippen molar-refractivity contribution in [1.29, 1.82) is 0 Å². The van der Waals surface area contributed by atoms with Crippen LogP contribution in [0.2, 0.25) is 5.28 Å². The first-order valence-corrected chi connectivity index (χ1v) is 8.01. The molecule has 2 heterocycles. The Bertz CT molecular complexity index is 723. The maximum Gasteiger partial charge on any atom is 0.308 e. The third-order valence-electron chi connectivity index (χ3n) is 5.17. The fourth-order valence-corrected chi connectivity index (χ4v) is 4.35. The molecule has 3 aliphatic carbocycles. The Hall–Kier alpha value is -1.82. The predicted octanol–water partition coefficient (Wildman–Crippen LogP) is 2.68.